The number of carbonyl (C=O) groups is 2. The highest BCUT2D eigenvalue weighted by atomic mass is 16.2. The van der Waals surface area contributed by atoms with Gasteiger partial charge in [0.1, 0.15) is 6.04 Å². The highest BCUT2D eigenvalue weighted by Gasteiger charge is 2.42. The van der Waals surface area contributed by atoms with Gasteiger partial charge < -0.3 is 5.32 Å². The van der Waals surface area contributed by atoms with Crippen LogP contribution in [0.1, 0.15) is 65.2 Å². The van der Waals surface area contributed by atoms with Crippen LogP contribution >= 0.6 is 0 Å². The van der Waals surface area contributed by atoms with Crippen LogP contribution in [-0.4, -0.2) is 17.9 Å². The summed E-state index contributed by atoms with van der Waals surface area (Å²) in [5.41, 5.74) is 4.49. The molecule has 2 aromatic rings. The second-order valence-corrected chi connectivity index (χ2v) is 7.78. The largest absolute Gasteiger partial charge is 0.351 e. The van der Waals surface area contributed by atoms with Gasteiger partial charge in [-0.2, -0.15) is 0 Å². The maximum atomic E-state index is 13.3. The first-order chi connectivity index (χ1) is 13.1. The van der Waals surface area contributed by atoms with E-state index in [1.807, 2.05) is 56.3 Å². The summed E-state index contributed by atoms with van der Waals surface area (Å²) in [6, 6.07) is 13.0. The van der Waals surface area contributed by atoms with Crippen LogP contribution in [0.15, 0.2) is 42.5 Å². The van der Waals surface area contributed by atoms with Crippen LogP contribution in [0.5, 0.6) is 0 Å². The third-order valence-electron chi connectivity index (χ3n) is 5.93. The van der Waals surface area contributed by atoms with E-state index >= 15 is 0 Å². The number of carbonyl (C=O) groups excluding carboxylic acids is 2. The Morgan fingerprint density at radius 2 is 1.74 bits per heavy atom. The van der Waals surface area contributed by atoms with Crippen molar-refractivity contribution in [3.8, 4) is 0 Å². The molecule has 2 aliphatic rings. The lowest BCUT2D eigenvalue weighted by atomic mass is 9.95. The lowest BCUT2D eigenvalue weighted by Crippen LogP contribution is -2.44. The minimum absolute atomic E-state index is 0.0709. The van der Waals surface area contributed by atoms with Crippen LogP contribution in [0.3, 0.4) is 0 Å². The van der Waals surface area contributed by atoms with Gasteiger partial charge in [0.2, 0.25) is 5.91 Å². The number of hydrogen-bond acceptors (Lipinski definition) is 2. The maximum absolute atomic E-state index is 13.3. The third kappa shape index (κ3) is 3.25. The van der Waals surface area contributed by atoms with Crippen molar-refractivity contribution >= 4 is 17.5 Å². The summed E-state index contributed by atoms with van der Waals surface area (Å²) in [7, 11) is 0. The highest BCUT2D eigenvalue weighted by Crippen LogP contribution is 2.38. The van der Waals surface area contributed by atoms with Crippen LogP contribution in [0.2, 0.25) is 0 Å². The molecule has 2 aromatic carbocycles. The quantitative estimate of drug-likeness (QED) is 0.877. The van der Waals surface area contributed by atoms with E-state index in [1.54, 1.807) is 4.90 Å². The van der Waals surface area contributed by atoms with Gasteiger partial charge in [0, 0.05) is 17.3 Å². The smallest absolute Gasteiger partial charge is 0.259 e. The van der Waals surface area contributed by atoms with E-state index in [-0.39, 0.29) is 17.9 Å². The minimum atomic E-state index is -0.599. The van der Waals surface area contributed by atoms with E-state index in [1.165, 1.54) is 12.0 Å². The lowest BCUT2D eigenvalue weighted by Gasteiger charge is -2.29. The van der Waals surface area contributed by atoms with Crippen LogP contribution < -0.4 is 10.2 Å². The SMILES string of the molecule is Cc1ccc(N2C(=O)c3ccccc3C2C(=O)NC2CCCCC2)cc1C. The minimum Gasteiger partial charge on any atom is -0.351 e. The molecule has 4 rings (SSSR count). The van der Waals surface area contributed by atoms with E-state index in [0.29, 0.717) is 5.56 Å². The summed E-state index contributed by atoms with van der Waals surface area (Å²) in [6.45, 7) is 4.08. The summed E-state index contributed by atoms with van der Waals surface area (Å²) >= 11 is 0. The van der Waals surface area contributed by atoms with Gasteiger partial charge in [-0.1, -0.05) is 43.5 Å². The summed E-state index contributed by atoms with van der Waals surface area (Å²) in [6.07, 6.45) is 5.61. The molecular weight excluding hydrogens is 336 g/mol. The normalized spacial score (nSPS) is 19.9. The van der Waals surface area contributed by atoms with Gasteiger partial charge >= 0.3 is 0 Å². The Labute approximate surface area is 160 Å². The molecule has 4 nitrogen and oxygen atoms in total. The number of anilines is 1. The second kappa shape index (κ2) is 7.18. The Morgan fingerprint density at radius 3 is 2.48 bits per heavy atom. The van der Waals surface area contributed by atoms with E-state index in [4.69, 9.17) is 0 Å². The van der Waals surface area contributed by atoms with Crippen LogP contribution in [-0.2, 0) is 4.79 Å². The first kappa shape index (κ1) is 17.8. The Kier molecular flexibility index (Phi) is 4.73. The van der Waals surface area contributed by atoms with Crippen LogP contribution in [0, 0.1) is 13.8 Å². The number of amides is 2. The van der Waals surface area contributed by atoms with Gasteiger partial charge in [0.05, 0.1) is 0 Å². The van der Waals surface area contributed by atoms with E-state index in [9.17, 15) is 9.59 Å². The topological polar surface area (TPSA) is 49.4 Å². The molecule has 140 valence electrons. The predicted octanol–water partition coefficient (Wildman–Crippen LogP) is 4.45. The average molecular weight is 362 g/mol. The van der Waals surface area contributed by atoms with Crippen molar-refractivity contribution in [3.63, 3.8) is 0 Å². The van der Waals surface area contributed by atoms with Crippen molar-refractivity contribution in [1.82, 2.24) is 5.32 Å². The molecule has 1 saturated carbocycles. The first-order valence-electron chi connectivity index (χ1n) is 9.86. The van der Waals surface area contributed by atoms with Crippen molar-refractivity contribution in [3.05, 3.63) is 64.7 Å². The Balaban J connectivity index is 1.71. The fraction of sp³-hybridized carbons (Fsp3) is 0.391. The molecule has 1 aliphatic carbocycles. The van der Waals surface area contributed by atoms with E-state index in [0.717, 1.165) is 42.5 Å². The summed E-state index contributed by atoms with van der Waals surface area (Å²) in [4.78, 5) is 28.1. The number of benzene rings is 2. The number of fused-ring (bicyclic) bond motifs is 1. The van der Waals surface area contributed by atoms with Crippen molar-refractivity contribution in [2.24, 2.45) is 0 Å². The van der Waals surface area contributed by atoms with Crippen LogP contribution in [0.4, 0.5) is 5.69 Å². The average Bonchev–Trinajstić information content (AvgIpc) is 2.98. The molecule has 0 saturated heterocycles. The van der Waals surface area contributed by atoms with E-state index < -0.39 is 6.04 Å². The molecule has 1 atom stereocenters. The molecule has 0 aromatic heterocycles. The summed E-state index contributed by atoms with van der Waals surface area (Å²) in [5, 5.41) is 3.22. The van der Waals surface area contributed by atoms with Crippen molar-refractivity contribution in [2.75, 3.05) is 4.90 Å². The summed E-state index contributed by atoms with van der Waals surface area (Å²) < 4.78 is 0. The van der Waals surface area contributed by atoms with E-state index in [2.05, 4.69) is 5.32 Å². The Bertz CT molecular complexity index is 884. The number of aryl methyl sites for hydroxylation is 2. The van der Waals surface area contributed by atoms with Gasteiger partial charge in [0.15, 0.2) is 0 Å². The highest BCUT2D eigenvalue weighted by molar-refractivity contribution is 6.15. The van der Waals surface area contributed by atoms with Crippen LogP contribution in [0.25, 0.3) is 0 Å². The number of nitrogens with one attached hydrogen (secondary N) is 1. The number of hydrogen-bond donors (Lipinski definition) is 1. The molecule has 0 spiro atoms. The van der Waals surface area contributed by atoms with Crippen molar-refractivity contribution in [1.29, 1.82) is 0 Å². The molecule has 1 aliphatic heterocycles. The molecule has 1 fully saturated rings. The molecule has 1 unspecified atom stereocenters. The fourth-order valence-electron chi connectivity index (χ4n) is 4.24. The monoisotopic (exact) mass is 362 g/mol. The number of rotatable bonds is 3. The molecule has 0 bridgehead atoms. The van der Waals surface area contributed by atoms with Crippen molar-refractivity contribution < 1.29 is 9.59 Å². The van der Waals surface area contributed by atoms with Gasteiger partial charge in [-0.3, -0.25) is 14.5 Å². The molecule has 2 amide bonds. The van der Waals surface area contributed by atoms with Gasteiger partial charge in [-0.05, 0) is 61.6 Å². The molecule has 27 heavy (non-hydrogen) atoms. The fourth-order valence-corrected chi connectivity index (χ4v) is 4.24. The van der Waals surface area contributed by atoms with Gasteiger partial charge in [-0.15, -0.1) is 0 Å². The maximum Gasteiger partial charge on any atom is 0.259 e. The molecule has 1 N–H and O–H groups in total. The summed E-state index contributed by atoms with van der Waals surface area (Å²) in [5.74, 6) is -0.170. The Hall–Kier alpha value is -2.62. The predicted molar refractivity (Wildman–Crippen MR) is 107 cm³/mol. The van der Waals surface area contributed by atoms with Crippen molar-refractivity contribution in [2.45, 2.75) is 58.0 Å². The third-order valence-corrected chi connectivity index (χ3v) is 5.93. The zero-order valence-electron chi connectivity index (χ0n) is 16.0. The number of nitrogens with zero attached hydrogens (tertiary/aromatic N) is 1. The second-order valence-electron chi connectivity index (χ2n) is 7.78. The molecule has 0 radical (unpaired) electrons. The Morgan fingerprint density at radius 1 is 1.00 bits per heavy atom. The standard InChI is InChI=1S/C23H26N2O2/c1-15-12-13-18(14-16(15)2)25-21(19-10-6-7-11-20(19)23(25)27)22(26)24-17-8-4-3-5-9-17/h6-7,10-14,17,21H,3-5,8-9H2,1-2H3,(H,24,26). The zero-order valence-corrected chi connectivity index (χ0v) is 16.0. The lowest BCUT2D eigenvalue weighted by molar-refractivity contribution is -0.123. The van der Waals surface area contributed by atoms with Gasteiger partial charge in [-0.25, -0.2) is 0 Å². The van der Waals surface area contributed by atoms with Gasteiger partial charge in [0.25, 0.3) is 5.91 Å². The zero-order chi connectivity index (χ0) is 19.0. The first-order valence-corrected chi connectivity index (χ1v) is 9.86. The molecule has 4 heteroatoms. The molecular formula is C23H26N2O2. The molecule has 1 heterocycles.